The summed E-state index contributed by atoms with van der Waals surface area (Å²) in [5, 5.41) is 2.25. The van der Waals surface area contributed by atoms with Gasteiger partial charge in [0.1, 0.15) is 5.82 Å². The van der Waals surface area contributed by atoms with Gasteiger partial charge < -0.3 is 9.47 Å². The molecule has 0 aliphatic carbocycles. The quantitative estimate of drug-likeness (QED) is 0.145. The molecular formula is C50H35FN2. The van der Waals surface area contributed by atoms with Crippen LogP contribution in [0, 0.1) is 5.82 Å². The number of fused-ring (bicyclic) bond motifs is 3. The first kappa shape index (κ1) is 32.0. The van der Waals surface area contributed by atoms with Gasteiger partial charge in [-0.2, -0.15) is 0 Å². The summed E-state index contributed by atoms with van der Waals surface area (Å²) in [6, 6.07) is 73.3. The number of para-hydroxylation sites is 3. The first-order valence-corrected chi connectivity index (χ1v) is 17.9. The minimum absolute atomic E-state index is 0.249. The predicted molar refractivity (Wildman–Crippen MR) is 220 cm³/mol. The van der Waals surface area contributed by atoms with Crippen LogP contribution in [-0.2, 0) is 0 Å². The molecule has 252 valence electrons. The second kappa shape index (κ2) is 14.0. The standard InChI is InChI=1S/C50H35FN2/c51-39-29-31-41(32-30-39)53-46-27-15-13-25-43(46)45-35-42(33-34-48(45)53)52(40-23-11-4-12-24-40)47-28-16-14-26-44(47)50(38-21-9-3-10-22-38)49(36-17-5-1-6-18-36)37-19-7-2-8-20-37/h1-35H. The summed E-state index contributed by atoms with van der Waals surface area (Å²) in [6.07, 6.45) is 0. The van der Waals surface area contributed by atoms with Crippen LogP contribution in [0.2, 0.25) is 0 Å². The van der Waals surface area contributed by atoms with Gasteiger partial charge in [0, 0.05) is 33.4 Å². The highest BCUT2D eigenvalue weighted by Crippen LogP contribution is 2.45. The molecule has 53 heavy (non-hydrogen) atoms. The molecule has 0 bridgehead atoms. The Bertz CT molecular complexity index is 2660. The van der Waals surface area contributed by atoms with Gasteiger partial charge >= 0.3 is 0 Å². The first-order valence-electron chi connectivity index (χ1n) is 17.9. The maximum Gasteiger partial charge on any atom is 0.123 e. The Morgan fingerprint density at radius 2 is 0.906 bits per heavy atom. The zero-order valence-corrected chi connectivity index (χ0v) is 29.0. The highest BCUT2D eigenvalue weighted by atomic mass is 19.1. The Labute approximate surface area is 309 Å². The molecule has 0 spiro atoms. The molecule has 1 aromatic heterocycles. The van der Waals surface area contributed by atoms with Crippen molar-refractivity contribution in [1.29, 1.82) is 0 Å². The Morgan fingerprint density at radius 3 is 1.55 bits per heavy atom. The van der Waals surface area contributed by atoms with E-state index in [9.17, 15) is 4.39 Å². The van der Waals surface area contributed by atoms with Crippen molar-refractivity contribution >= 4 is 50.0 Å². The summed E-state index contributed by atoms with van der Waals surface area (Å²) in [5.74, 6) is -0.249. The van der Waals surface area contributed by atoms with Crippen molar-refractivity contribution in [2.75, 3.05) is 4.90 Å². The minimum atomic E-state index is -0.249. The lowest BCUT2D eigenvalue weighted by atomic mass is 9.85. The molecule has 0 N–H and O–H groups in total. The van der Waals surface area contributed by atoms with Crippen LogP contribution < -0.4 is 4.90 Å². The van der Waals surface area contributed by atoms with Gasteiger partial charge in [0.05, 0.1) is 16.7 Å². The third-order valence-corrected chi connectivity index (χ3v) is 9.87. The minimum Gasteiger partial charge on any atom is -0.310 e. The fourth-order valence-electron chi connectivity index (χ4n) is 7.56. The number of anilines is 3. The number of rotatable bonds is 8. The fraction of sp³-hybridized carbons (Fsp3) is 0. The van der Waals surface area contributed by atoms with Crippen molar-refractivity contribution < 1.29 is 4.39 Å². The van der Waals surface area contributed by atoms with Crippen LogP contribution in [0.4, 0.5) is 21.5 Å². The van der Waals surface area contributed by atoms with Gasteiger partial charge in [0.25, 0.3) is 0 Å². The second-order valence-corrected chi connectivity index (χ2v) is 13.1. The van der Waals surface area contributed by atoms with Crippen molar-refractivity contribution in [1.82, 2.24) is 4.57 Å². The molecule has 0 saturated carbocycles. The summed E-state index contributed by atoms with van der Waals surface area (Å²) in [5.41, 5.74) is 13.0. The smallest absolute Gasteiger partial charge is 0.123 e. The SMILES string of the molecule is Fc1ccc(-n2c3ccccc3c3cc(N(c4ccccc4)c4ccccc4C(=C(c4ccccc4)c4ccccc4)c4ccccc4)ccc32)cc1. The van der Waals surface area contributed by atoms with Gasteiger partial charge in [-0.25, -0.2) is 4.39 Å². The number of aromatic nitrogens is 1. The summed E-state index contributed by atoms with van der Waals surface area (Å²) in [6.45, 7) is 0. The molecule has 0 aliphatic heterocycles. The molecule has 9 aromatic rings. The van der Waals surface area contributed by atoms with Crippen LogP contribution in [0.3, 0.4) is 0 Å². The molecular weight excluding hydrogens is 648 g/mol. The van der Waals surface area contributed by atoms with Gasteiger partial charge in [0.2, 0.25) is 0 Å². The third-order valence-electron chi connectivity index (χ3n) is 9.87. The summed E-state index contributed by atoms with van der Waals surface area (Å²) >= 11 is 0. The molecule has 0 aliphatic rings. The van der Waals surface area contributed by atoms with E-state index in [0.717, 1.165) is 78.0 Å². The topological polar surface area (TPSA) is 8.17 Å². The van der Waals surface area contributed by atoms with E-state index < -0.39 is 0 Å². The monoisotopic (exact) mass is 682 g/mol. The lowest BCUT2D eigenvalue weighted by Crippen LogP contribution is -2.12. The van der Waals surface area contributed by atoms with Gasteiger partial charge in [-0.1, -0.05) is 146 Å². The van der Waals surface area contributed by atoms with Crippen molar-refractivity contribution in [3.63, 3.8) is 0 Å². The Kier molecular flexibility index (Phi) is 8.43. The van der Waals surface area contributed by atoms with Crippen LogP contribution in [0.25, 0.3) is 38.6 Å². The molecule has 3 heteroatoms. The van der Waals surface area contributed by atoms with Crippen molar-refractivity contribution in [2.45, 2.75) is 0 Å². The van der Waals surface area contributed by atoms with Crippen molar-refractivity contribution in [2.24, 2.45) is 0 Å². The predicted octanol–water partition coefficient (Wildman–Crippen LogP) is 13.4. The molecule has 1 heterocycles. The number of hydrogen-bond acceptors (Lipinski definition) is 1. The highest BCUT2D eigenvalue weighted by Gasteiger charge is 2.24. The lowest BCUT2D eigenvalue weighted by molar-refractivity contribution is 0.627. The van der Waals surface area contributed by atoms with Crippen LogP contribution in [0.5, 0.6) is 0 Å². The average molecular weight is 683 g/mol. The zero-order valence-electron chi connectivity index (χ0n) is 29.0. The Balaban J connectivity index is 1.33. The maximum absolute atomic E-state index is 14.0. The number of nitrogens with zero attached hydrogens (tertiary/aromatic N) is 2. The summed E-state index contributed by atoms with van der Waals surface area (Å²) in [4.78, 5) is 2.37. The Hall–Kier alpha value is -6.97. The fourth-order valence-corrected chi connectivity index (χ4v) is 7.56. The van der Waals surface area contributed by atoms with Crippen LogP contribution >= 0.6 is 0 Å². The van der Waals surface area contributed by atoms with E-state index in [1.54, 1.807) is 0 Å². The number of hydrogen-bond donors (Lipinski definition) is 0. The molecule has 9 rings (SSSR count). The van der Waals surface area contributed by atoms with Gasteiger partial charge in [-0.3, -0.25) is 0 Å². The average Bonchev–Trinajstić information content (AvgIpc) is 3.56. The molecule has 0 unspecified atom stereocenters. The van der Waals surface area contributed by atoms with Crippen LogP contribution in [-0.4, -0.2) is 4.57 Å². The number of benzene rings is 8. The van der Waals surface area contributed by atoms with Crippen molar-refractivity contribution in [3.05, 3.63) is 240 Å². The molecule has 2 nitrogen and oxygen atoms in total. The molecule has 0 fully saturated rings. The molecule has 0 amide bonds. The number of halogens is 1. The van der Waals surface area contributed by atoms with E-state index in [2.05, 4.69) is 198 Å². The van der Waals surface area contributed by atoms with Gasteiger partial charge in [-0.05, 0) is 94.6 Å². The van der Waals surface area contributed by atoms with E-state index in [4.69, 9.17) is 0 Å². The van der Waals surface area contributed by atoms with E-state index in [0.29, 0.717) is 0 Å². The van der Waals surface area contributed by atoms with Crippen LogP contribution in [0.1, 0.15) is 22.3 Å². The van der Waals surface area contributed by atoms with Gasteiger partial charge in [-0.15, -0.1) is 0 Å². The molecule has 0 saturated heterocycles. The second-order valence-electron chi connectivity index (χ2n) is 13.1. The first-order chi connectivity index (χ1) is 26.2. The van der Waals surface area contributed by atoms with E-state index in [1.807, 2.05) is 12.1 Å². The van der Waals surface area contributed by atoms with E-state index >= 15 is 0 Å². The molecule has 0 atom stereocenters. The van der Waals surface area contributed by atoms with E-state index in [-0.39, 0.29) is 5.82 Å². The maximum atomic E-state index is 14.0. The van der Waals surface area contributed by atoms with Gasteiger partial charge in [0.15, 0.2) is 0 Å². The zero-order chi connectivity index (χ0) is 35.6. The van der Waals surface area contributed by atoms with Crippen LogP contribution in [0.15, 0.2) is 212 Å². The normalized spacial score (nSPS) is 11.1. The Morgan fingerprint density at radius 1 is 0.396 bits per heavy atom. The highest BCUT2D eigenvalue weighted by molar-refractivity contribution is 6.11. The molecule has 0 radical (unpaired) electrons. The third kappa shape index (κ3) is 5.98. The summed E-state index contributed by atoms with van der Waals surface area (Å²) < 4.78 is 16.3. The lowest BCUT2D eigenvalue weighted by Gasteiger charge is -2.29. The molecule has 8 aromatic carbocycles. The van der Waals surface area contributed by atoms with Crippen molar-refractivity contribution in [3.8, 4) is 5.69 Å². The summed E-state index contributed by atoms with van der Waals surface area (Å²) in [7, 11) is 0. The largest absolute Gasteiger partial charge is 0.310 e. The van der Waals surface area contributed by atoms with E-state index in [1.165, 1.54) is 12.1 Å².